The average molecular weight is 401 g/mol. The lowest BCUT2D eigenvalue weighted by atomic mass is 10.1. The third-order valence-corrected chi connectivity index (χ3v) is 4.98. The number of hydrogen-bond acceptors (Lipinski definition) is 3. The van der Waals surface area contributed by atoms with E-state index < -0.39 is 11.7 Å². The number of thiophene rings is 1. The molecule has 1 aliphatic rings. The predicted molar refractivity (Wildman–Crippen MR) is 81.7 cm³/mol. The second-order valence-corrected chi connectivity index (χ2v) is 7.55. The third-order valence-electron chi connectivity index (χ3n) is 2.88. The maximum Gasteiger partial charge on any atom is 0.299 e. The number of benzene rings is 1. The van der Waals surface area contributed by atoms with Gasteiger partial charge in [0.15, 0.2) is 0 Å². The van der Waals surface area contributed by atoms with Crippen LogP contribution in [0.25, 0.3) is 0 Å². The first-order valence-electron chi connectivity index (χ1n) is 5.46. The number of carbonyl (C=O) groups is 2. The molecule has 0 saturated carbocycles. The van der Waals surface area contributed by atoms with Crippen LogP contribution in [0.4, 0.5) is 5.69 Å². The highest BCUT2D eigenvalue weighted by Gasteiger charge is 2.35. The van der Waals surface area contributed by atoms with Gasteiger partial charge in [0, 0.05) is 9.35 Å². The van der Waals surface area contributed by atoms with Gasteiger partial charge in [0.05, 0.1) is 21.6 Å². The fourth-order valence-electron chi connectivity index (χ4n) is 2.02. The van der Waals surface area contributed by atoms with Gasteiger partial charge in [0.25, 0.3) is 11.7 Å². The summed E-state index contributed by atoms with van der Waals surface area (Å²) in [5.74, 6) is -0.899. The largest absolute Gasteiger partial charge is 0.300 e. The van der Waals surface area contributed by atoms with Gasteiger partial charge < -0.3 is 0 Å². The molecule has 2 aromatic rings. The summed E-state index contributed by atoms with van der Waals surface area (Å²) < 4.78 is 1.81. The highest BCUT2D eigenvalue weighted by Crippen LogP contribution is 2.34. The van der Waals surface area contributed by atoms with Gasteiger partial charge in [-0.15, -0.1) is 11.3 Å². The van der Waals surface area contributed by atoms with Gasteiger partial charge in [-0.25, -0.2) is 0 Å². The van der Waals surface area contributed by atoms with Crippen molar-refractivity contribution in [3.05, 3.63) is 49.0 Å². The van der Waals surface area contributed by atoms with Crippen LogP contribution >= 0.6 is 43.2 Å². The van der Waals surface area contributed by atoms with Gasteiger partial charge in [-0.3, -0.25) is 14.5 Å². The molecule has 1 aromatic carbocycles. The van der Waals surface area contributed by atoms with Crippen molar-refractivity contribution >= 4 is 60.6 Å². The van der Waals surface area contributed by atoms with Crippen molar-refractivity contribution in [3.8, 4) is 0 Å². The van der Waals surface area contributed by atoms with Crippen LogP contribution in [0, 0.1) is 0 Å². The smallest absolute Gasteiger partial charge is 0.299 e. The molecule has 0 bridgehead atoms. The van der Waals surface area contributed by atoms with E-state index in [4.69, 9.17) is 0 Å². The summed E-state index contributed by atoms with van der Waals surface area (Å²) in [6.45, 7) is 0.426. The minimum Gasteiger partial charge on any atom is -0.300 e. The number of anilines is 1. The summed E-state index contributed by atoms with van der Waals surface area (Å²) in [7, 11) is 0. The van der Waals surface area contributed by atoms with E-state index in [9.17, 15) is 9.59 Å². The lowest BCUT2D eigenvalue weighted by molar-refractivity contribution is -0.114. The normalized spacial score (nSPS) is 14.1. The van der Waals surface area contributed by atoms with Crippen molar-refractivity contribution in [2.45, 2.75) is 6.54 Å². The number of nitrogens with zero attached hydrogens (tertiary/aromatic N) is 1. The van der Waals surface area contributed by atoms with Crippen LogP contribution < -0.4 is 4.90 Å². The quantitative estimate of drug-likeness (QED) is 0.714. The molecule has 2 heterocycles. The van der Waals surface area contributed by atoms with Crippen LogP contribution in [0.3, 0.4) is 0 Å². The molecule has 19 heavy (non-hydrogen) atoms. The first-order chi connectivity index (χ1) is 9.06. The van der Waals surface area contributed by atoms with Crippen molar-refractivity contribution < 1.29 is 9.59 Å². The molecule has 0 aliphatic carbocycles. The Morgan fingerprint density at radius 2 is 1.89 bits per heavy atom. The highest BCUT2D eigenvalue weighted by molar-refractivity contribution is 9.11. The topological polar surface area (TPSA) is 37.4 Å². The van der Waals surface area contributed by atoms with E-state index in [1.165, 1.54) is 4.90 Å². The second kappa shape index (κ2) is 4.85. The summed E-state index contributed by atoms with van der Waals surface area (Å²) in [5.41, 5.74) is 1.15. The van der Waals surface area contributed by atoms with Crippen LogP contribution in [0.2, 0.25) is 0 Å². The lowest BCUT2D eigenvalue weighted by Crippen LogP contribution is -2.28. The van der Waals surface area contributed by atoms with E-state index in [0.717, 1.165) is 13.1 Å². The molecule has 0 atom stereocenters. The third kappa shape index (κ3) is 2.28. The molecule has 0 fully saturated rings. The van der Waals surface area contributed by atoms with E-state index in [1.54, 1.807) is 23.5 Å². The van der Waals surface area contributed by atoms with Gasteiger partial charge in [0.1, 0.15) is 0 Å². The van der Waals surface area contributed by atoms with E-state index in [0.29, 0.717) is 17.8 Å². The molecule has 1 amide bonds. The first kappa shape index (κ1) is 13.0. The van der Waals surface area contributed by atoms with Gasteiger partial charge in [-0.2, -0.15) is 0 Å². The van der Waals surface area contributed by atoms with Gasteiger partial charge in [-0.05, 0) is 46.3 Å². The number of halogens is 2. The molecule has 3 rings (SSSR count). The number of ketones is 1. The maximum absolute atomic E-state index is 12.0. The van der Waals surface area contributed by atoms with Crippen molar-refractivity contribution in [3.63, 3.8) is 0 Å². The molecule has 0 radical (unpaired) electrons. The Hall–Kier alpha value is -0.980. The van der Waals surface area contributed by atoms with Crippen LogP contribution in [-0.2, 0) is 11.3 Å². The van der Waals surface area contributed by atoms with E-state index in [2.05, 4.69) is 31.9 Å². The number of fused-ring (bicyclic) bond motifs is 1. The van der Waals surface area contributed by atoms with Gasteiger partial charge >= 0.3 is 0 Å². The molecule has 0 spiro atoms. The molecule has 6 heteroatoms. The first-order valence-corrected chi connectivity index (χ1v) is 7.86. The summed E-state index contributed by atoms with van der Waals surface area (Å²) in [6.07, 6.45) is 0. The Balaban J connectivity index is 1.99. The number of amides is 1. The summed E-state index contributed by atoms with van der Waals surface area (Å²) in [5, 5.41) is 0. The minimum atomic E-state index is -0.461. The van der Waals surface area contributed by atoms with E-state index >= 15 is 0 Å². The molecule has 96 valence electrons. The van der Waals surface area contributed by atoms with Crippen molar-refractivity contribution in [1.29, 1.82) is 0 Å². The average Bonchev–Trinajstić information content (AvgIpc) is 2.88. The van der Waals surface area contributed by atoms with Crippen LogP contribution in [-0.4, -0.2) is 11.7 Å². The monoisotopic (exact) mass is 399 g/mol. The summed E-state index contributed by atoms with van der Waals surface area (Å²) in [6, 6.07) is 9.21. The zero-order valence-electron chi connectivity index (χ0n) is 9.52. The Labute approximate surface area is 130 Å². The Kier molecular flexibility index (Phi) is 3.32. The summed E-state index contributed by atoms with van der Waals surface area (Å²) in [4.78, 5) is 26.5. The second-order valence-electron chi connectivity index (χ2n) is 4.09. The number of Topliss-reactive ketones (excluding diaryl/α,β-unsaturated/α-hetero) is 1. The van der Waals surface area contributed by atoms with Gasteiger partial charge in [0.2, 0.25) is 0 Å². The zero-order valence-corrected chi connectivity index (χ0v) is 13.5. The standard InChI is InChI=1S/C13H7Br2NO2S/c14-7-1-3-10-9(5-7)12(17)13(18)16(10)6-8-2-4-11(15)19-8/h1-5H,6H2. The minimum absolute atomic E-state index is 0.426. The van der Waals surface area contributed by atoms with Crippen LogP contribution in [0.15, 0.2) is 38.6 Å². The van der Waals surface area contributed by atoms with Crippen LogP contribution in [0.5, 0.6) is 0 Å². The molecule has 0 saturated heterocycles. The Morgan fingerprint density at radius 3 is 2.58 bits per heavy atom. The van der Waals surface area contributed by atoms with Crippen molar-refractivity contribution in [1.82, 2.24) is 0 Å². The molecular weight excluding hydrogens is 394 g/mol. The van der Waals surface area contributed by atoms with Crippen molar-refractivity contribution in [2.24, 2.45) is 0 Å². The Morgan fingerprint density at radius 1 is 1.11 bits per heavy atom. The van der Waals surface area contributed by atoms with E-state index in [-0.39, 0.29) is 0 Å². The highest BCUT2D eigenvalue weighted by atomic mass is 79.9. The molecule has 0 unspecified atom stereocenters. The molecule has 1 aliphatic heterocycles. The molecule has 0 N–H and O–H groups in total. The van der Waals surface area contributed by atoms with Crippen LogP contribution in [0.1, 0.15) is 15.2 Å². The number of carbonyl (C=O) groups excluding carboxylic acids is 2. The predicted octanol–water partition coefficient (Wildman–Crippen LogP) is 4.00. The van der Waals surface area contributed by atoms with Gasteiger partial charge in [-0.1, -0.05) is 15.9 Å². The molecular formula is C13H7Br2NO2S. The maximum atomic E-state index is 12.0. The summed E-state index contributed by atoms with van der Waals surface area (Å²) >= 11 is 8.27. The zero-order chi connectivity index (χ0) is 13.6. The number of hydrogen-bond donors (Lipinski definition) is 0. The van der Waals surface area contributed by atoms with Crippen molar-refractivity contribution in [2.75, 3.05) is 4.90 Å². The SMILES string of the molecule is O=C1C(=O)N(Cc2ccc(Br)s2)c2ccc(Br)cc21. The molecule has 3 nitrogen and oxygen atoms in total. The lowest BCUT2D eigenvalue weighted by Gasteiger charge is -2.15. The molecule has 1 aromatic heterocycles. The van der Waals surface area contributed by atoms with E-state index in [1.807, 2.05) is 18.2 Å². The fraction of sp³-hybridized carbons (Fsp3) is 0.0769. The number of rotatable bonds is 2. The Bertz CT molecular complexity index is 696. The fourth-order valence-corrected chi connectivity index (χ4v) is 3.86.